The Labute approximate surface area is 162 Å². The topological polar surface area (TPSA) is 81.7 Å². The second-order valence-corrected chi connectivity index (χ2v) is 7.98. The van der Waals surface area contributed by atoms with Gasteiger partial charge in [0.05, 0.1) is 25.7 Å². The van der Waals surface area contributed by atoms with Crippen LogP contribution in [0.4, 0.5) is 0 Å². The van der Waals surface area contributed by atoms with Crippen LogP contribution in [0.15, 0.2) is 0 Å². The third kappa shape index (κ3) is 5.09. The van der Waals surface area contributed by atoms with Crippen molar-refractivity contribution in [3.8, 4) is 0 Å². The number of carbonyl (C=O) groups excluding carboxylic acids is 3. The minimum Gasteiger partial charge on any atom is -0.469 e. The lowest BCUT2D eigenvalue weighted by molar-refractivity contribution is -0.150. The largest absolute Gasteiger partial charge is 0.469 e. The minimum atomic E-state index is -0.496. The molecule has 0 aromatic heterocycles. The highest BCUT2D eigenvalue weighted by Gasteiger charge is 2.51. The summed E-state index contributed by atoms with van der Waals surface area (Å²) < 4.78 is 10.1. The van der Waals surface area contributed by atoms with E-state index in [2.05, 4.69) is 5.32 Å². The molecule has 0 heterocycles. The molecule has 154 valence electrons. The van der Waals surface area contributed by atoms with E-state index in [0.29, 0.717) is 18.9 Å². The van der Waals surface area contributed by atoms with Gasteiger partial charge in [-0.05, 0) is 44.9 Å². The van der Waals surface area contributed by atoms with Crippen LogP contribution in [0, 0.1) is 23.7 Å². The number of nitrogens with one attached hydrogen (secondary N) is 1. The van der Waals surface area contributed by atoms with Gasteiger partial charge in [-0.25, -0.2) is 0 Å². The van der Waals surface area contributed by atoms with Crippen LogP contribution < -0.4 is 5.32 Å². The third-order valence-electron chi connectivity index (χ3n) is 6.28. The first-order valence-electron chi connectivity index (χ1n) is 10.5. The van der Waals surface area contributed by atoms with Gasteiger partial charge in [0.15, 0.2) is 5.78 Å². The summed E-state index contributed by atoms with van der Waals surface area (Å²) in [4.78, 5) is 37.9. The molecule has 0 radical (unpaired) electrons. The fraction of sp³-hybridized carbons (Fsp3) is 0.857. The van der Waals surface area contributed by atoms with Gasteiger partial charge in [0, 0.05) is 5.92 Å². The number of esters is 2. The molecule has 0 amide bonds. The van der Waals surface area contributed by atoms with Crippen LogP contribution in [0.25, 0.3) is 0 Å². The molecule has 0 spiro atoms. The van der Waals surface area contributed by atoms with Crippen LogP contribution in [-0.2, 0) is 23.9 Å². The Hall–Kier alpha value is -1.43. The van der Waals surface area contributed by atoms with Crippen molar-refractivity contribution in [2.75, 3.05) is 13.7 Å². The van der Waals surface area contributed by atoms with Gasteiger partial charge in [-0.15, -0.1) is 0 Å². The smallest absolute Gasteiger partial charge is 0.323 e. The quantitative estimate of drug-likeness (QED) is 0.619. The lowest BCUT2D eigenvalue weighted by atomic mass is 9.75. The molecule has 0 bridgehead atoms. The molecule has 27 heavy (non-hydrogen) atoms. The molecule has 2 saturated carbocycles. The van der Waals surface area contributed by atoms with E-state index in [4.69, 9.17) is 9.47 Å². The Morgan fingerprint density at radius 1 is 1.15 bits per heavy atom. The van der Waals surface area contributed by atoms with E-state index in [1.54, 1.807) is 13.8 Å². The van der Waals surface area contributed by atoms with E-state index in [1.807, 2.05) is 6.92 Å². The Morgan fingerprint density at radius 3 is 2.48 bits per heavy atom. The number of hydrogen-bond acceptors (Lipinski definition) is 6. The number of Topliss-reactive ketones (excluding diaryl/α,β-unsaturated/α-hetero) is 1. The molecule has 4 unspecified atom stereocenters. The van der Waals surface area contributed by atoms with Gasteiger partial charge in [-0.3, -0.25) is 19.7 Å². The second kappa shape index (κ2) is 10.2. The van der Waals surface area contributed by atoms with Crippen LogP contribution in [0.2, 0.25) is 0 Å². The summed E-state index contributed by atoms with van der Waals surface area (Å²) in [6, 6.07) is -0.988. The predicted molar refractivity (Wildman–Crippen MR) is 102 cm³/mol. The summed E-state index contributed by atoms with van der Waals surface area (Å²) in [5, 5.41) is 3.18. The summed E-state index contributed by atoms with van der Waals surface area (Å²) >= 11 is 0. The highest BCUT2D eigenvalue weighted by molar-refractivity contribution is 5.91. The maximum absolute atomic E-state index is 13.3. The van der Waals surface area contributed by atoms with Gasteiger partial charge in [0.1, 0.15) is 6.04 Å². The van der Waals surface area contributed by atoms with Crippen molar-refractivity contribution in [3.63, 3.8) is 0 Å². The third-order valence-corrected chi connectivity index (χ3v) is 6.28. The standard InChI is InChI=1S/C21H35NO5/c1-5-9-17(21(25)27-6-2)22-13(3)19(23)18-15-11-8-7-10-14(15)12-16(18)20(24)26-4/h13-18,22H,5-12H2,1-4H3/t13?,14-,15-,16?,17?,18?/m0/s1. The van der Waals surface area contributed by atoms with E-state index in [0.717, 1.165) is 32.1 Å². The lowest BCUT2D eigenvalue weighted by Gasteiger charge is -2.31. The summed E-state index contributed by atoms with van der Waals surface area (Å²) in [5.74, 6) is -0.532. The number of carbonyl (C=O) groups is 3. The lowest BCUT2D eigenvalue weighted by Crippen LogP contribution is -2.49. The zero-order valence-corrected chi connectivity index (χ0v) is 17.2. The molecule has 0 saturated heterocycles. The first-order valence-corrected chi connectivity index (χ1v) is 10.5. The van der Waals surface area contributed by atoms with Gasteiger partial charge in [-0.2, -0.15) is 0 Å². The summed E-state index contributed by atoms with van der Waals surface area (Å²) in [7, 11) is 1.39. The van der Waals surface area contributed by atoms with E-state index in [9.17, 15) is 14.4 Å². The fourth-order valence-corrected chi connectivity index (χ4v) is 5.05. The van der Waals surface area contributed by atoms with Crippen molar-refractivity contribution >= 4 is 17.7 Å². The van der Waals surface area contributed by atoms with Crippen molar-refractivity contribution in [2.45, 2.75) is 77.8 Å². The van der Waals surface area contributed by atoms with Crippen molar-refractivity contribution in [2.24, 2.45) is 23.7 Å². The summed E-state index contributed by atoms with van der Waals surface area (Å²) in [6.45, 7) is 5.89. The SMILES string of the molecule is CCCC(NC(C)C(=O)C1C(C(=O)OC)C[C@@H]2CCCC[C@H]12)C(=O)OCC. The molecule has 2 fully saturated rings. The molecule has 2 aliphatic carbocycles. The van der Waals surface area contributed by atoms with Crippen molar-refractivity contribution in [1.82, 2.24) is 5.32 Å². The van der Waals surface area contributed by atoms with Crippen molar-refractivity contribution in [3.05, 3.63) is 0 Å². The van der Waals surface area contributed by atoms with Crippen LogP contribution in [0.1, 0.15) is 65.7 Å². The molecule has 0 aliphatic heterocycles. The van der Waals surface area contributed by atoms with Crippen LogP contribution >= 0.6 is 0 Å². The first-order chi connectivity index (χ1) is 12.9. The molecular formula is C21H35NO5. The first kappa shape index (κ1) is 21.9. The van der Waals surface area contributed by atoms with Crippen molar-refractivity contribution < 1.29 is 23.9 Å². The van der Waals surface area contributed by atoms with Crippen LogP contribution in [-0.4, -0.2) is 43.5 Å². The number of methoxy groups -OCH3 is 1. The molecule has 2 aliphatic rings. The van der Waals surface area contributed by atoms with Gasteiger partial charge < -0.3 is 9.47 Å². The van der Waals surface area contributed by atoms with E-state index < -0.39 is 12.1 Å². The Balaban J connectivity index is 2.13. The number of rotatable bonds is 9. The molecule has 1 N–H and O–H groups in total. The number of hydrogen-bond donors (Lipinski definition) is 1. The maximum atomic E-state index is 13.3. The normalized spacial score (nSPS) is 29.5. The van der Waals surface area contributed by atoms with Crippen LogP contribution in [0.5, 0.6) is 0 Å². The number of fused-ring (bicyclic) bond motifs is 1. The van der Waals surface area contributed by atoms with Crippen LogP contribution in [0.3, 0.4) is 0 Å². The highest BCUT2D eigenvalue weighted by Crippen LogP contribution is 2.50. The van der Waals surface area contributed by atoms with Gasteiger partial charge >= 0.3 is 11.9 Å². The fourth-order valence-electron chi connectivity index (χ4n) is 5.05. The maximum Gasteiger partial charge on any atom is 0.323 e. The van der Waals surface area contributed by atoms with Gasteiger partial charge in [0.25, 0.3) is 0 Å². The number of ether oxygens (including phenoxy) is 2. The Morgan fingerprint density at radius 2 is 1.85 bits per heavy atom. The molecular weight excluding hydrogens is 346 g/mol. The average Bonchev–Trinajstić information content (AvgIpc) is 3.06. The molecule has 6 atom stereocenters. The van der Waals surface area contributed by atoms with E-state index >= 15 is 0 Å². The van der Waals surface area contributed by atoms with E-state index in [-0.39, 0.29) is 35.5 Å². The van der Waals surface area contributed by atoms with Gasteiger partial charge in [-0.1, -0.05) is 32.6 Å². The Bertz CT molecular complexity index is 535. The van der Waals surface area contributed by atoms with Gasteiger partial charge in [0.2, 0.25) is 0 Å². The second-order valence-electron chi connectivity index (χ2n) is 7.98. The summed E-state index contributed by atoms with van der Waals surface area (Å²) in [6.07, 6.45) is 6.55. The van der Waals surface area contributed by atoms with E-state index in [1.165, 1.54) is 13.5 Å². The molecule has 6 nitrogen and oxygen atoms in total. The number of ketones is 1. The molecule has 0 aromatic rings. The molecule has 6 heteroatoms. The average molecular weight is 382 g/mol. The highest BCUT2D eigenvalue weighted by atomic mass is 16.5. The zero-order chi connectivity index (χ0) is 20.0. The summed E-state index contributed by atoms with van der Waals surface area (Å²) in [5.41, 5.74) is 0. The predicted octanol–water partition coefficient (Wildman–Crippen LogP) is 2.88. The Kier molecular flexibility index (Phi) is 8.27. The molecule has 2 rings (SSSR count). The monoisotopic (exact) mass is 381 g/mol. The molecule has 0 aromatic carbocycles. The van der Waals surface area contributed by atoms with Crippen molar-refractivity contribution in [1.29, 1.82) is 0 Å². The zero-order valence-electron chi connectivity index (χ0n) is 17.2. The minimum absolute atomic E-state index is 0.0326.